The first-order valence-corrected chi connectivity index (χ1v) is 7.09. The Morgan fingerprint density at radius 3 is 2.74 bits per heavy atom. The van der Waals surface area contributed by atoms with Gasteiger partial charge in [-0.2, -0.15) is 0 Å². The highest BCUT2D eigenvalue weighted by Gasteiger charge is 2.20. The van der Waals surface area contributed by atoms with Gasteiger partial charge in [0.1, 0.15) is 11.6 Å². The normalized spacial score (nSPS) is 12.4. The van der Waals surface area contributed by atoms with Gasteiger partial charge < -0.3 is 10.1 Å². The number of halogens is 2. The highest BCUT2D eigenvalue weighted by Crippen LogP contribution is 2.32. The lowest BCUT2D eigenvalue weighted by molar-refractivity contribution is 0.393. The molecule has 1 aromatic heterocycles. The van der Waals surface area contributed by atoms with Gasteiger partial charge in [0, 0.05) is 22.9 Å². The van der Waals surface area contributed by atoms with Crippen molar-refractivity contribution in [1.82, 2.24) is 5.32 Å². The molecule has 0 fully saturated rings. The summed E-state index contributed by atoms with van der Waals surface area (Å²) in [5, 5.41) is 3.14. The lowest BCUT2D eigenvalue weighted by Gasteiger charge is -2.19. The maximum absolute atomic E-state index is 14.0. The van der Waals surface area contributed by atoms with E-state index in [4.69, 9.17) is 16.3 Å². The third kappa shape index (κ3) is 3.26. The van der Waals surface area contributed by atoms with Gasteiger partial charge >= 0.3 is 0 Å². The summed E-state index contributed by atoms with van der Waals surface area (Å²) >= 11 is 7.43. The molecule has 0 spiro atoms. The fourth-order valence-electron chi connectivity index (χ4n) is 2.04. The lowest BCUT2D eigenvalue weighted by atomic mass is 10.0. The summed E-state index contributed by atoms with van der Waals surface area (Å²) in [6, 6.07) is 8.53. The van der Waals surface area contributed by atoms with Crippen molar-refractivity contribution in [3.05, 3.63) is 50.9 Å². The number of rotatable bonds is 5. The van der Waals surface area contributed by atoms with Crippen molar-refractivity contribution < 1.29 is 9.13 Å². The van der Waals surface area contributed by atoms with Crippen molar-refractivity contribution in [3.8, 4) is 5.75 Å². The van der Waals surface area contributed by atoms with Crippen LogP contribution in [0.5, 0.6) is 5.75 Å². The predicted octanol–water partition coefficient (Wildman–Crippen LogP) is 4.05. The molecule has 1 aromatic carbocycles. The standard InChI is InChI=1S/C14H15ClFNOS/c1-17-11(8-9-6-7-13(15)19-9)14-10(16)4-3-5-12(14)18-2/h3-7,11,17H,8H2,1-2H3. The highest BCUT2D eigenvalue weighted by molar-refractivity contribution is 7.16. The lowest BCUT2D eigenvalue weighted by Crippen LogP contribution is -2.20. The molecule has 0 amide bonds. The van der Waals surface area contributed by atoms with Crippen LogP contribution in [-0.4, -0.2) is 14.2 Å². The van der Waals surface area contributed by atoms with E-state index in [1.165, 1.54) is 17.4 Å². The number of ether oxygens (including phenoxy) is 1. The van der Waals surface area contributed by atoms with E-state index in [-0.39, 0.29) is 11.9 Å². The van der Waals surface area contributed by atoms with E-state index in [0.29, 0.717) is 17.7 Å². The SMILES string of the molecule is CNC(Cc1ccc(Cl)s1)c1c(F)cccc1OC. The van der Waals surface area contributed by atoms with E-state index >= 15 is 0 Å². The van der Waals surface area contributed by atoms with E-state index in [1.807, 2.05) is 19.2 Å². The summed E-state index contributed by atoms with van der Waals surface area (Å²) in [5.41, 5.74) is 0.553. The second-order valence-corrected chi connectivity index (χ2v) is 5.91. The summed E-state index contributed by atoms with van der Waals surface area (Å²) in [7, 11) is 3.36. The average Bonchev–Trinajstić information content (AvgIpc) is 2.81. The van der Waals surface area contributed by atoms with Gasteiger partial charge in [-0.15, -0.1) is 11.3 Å². The molecule has 0 bridgehead atoms. The fraction of sp³-hybridized carbons (Fsp3) is 0.286. The maximum Gasteiger partial charge on any atom is 0.131 e. The second-order valence-electron chi connectivity index (χ2n) is 4.11. The molecule has 1 N–H and O–H groups in total. The van der Waals surface area contributed by atoms with Gasteiger partial charge in [0.05, 0.1) is 11.4 Å². The summed E-state index contributed by atoms with van der Waals surface area (Å²) in [4.78, 5) is 1.11. The molecule has 0 aliphatic heterocycles. The predicted molar refractivity (Wildman–Crippen MR) is 77.8 cm³/mol. The summed E-state index contributed by atoms with van der Waals surface area (Å²) in [6.07, 6.45) is 0.672. The molecule has 0 saturated carbocycles. The Morgan fingerprint density at radius 2 is 2.16 bits per heavy atom. The third-order valence-corrected chi connectivity index (χ3v) is 4.22. The van der Waals surface area contributed by atoms with Crippen LogP contribution in [0, 0.1) is 5.82 Å². The Balaban J connectivity index is 2.31. The molecule has 0 aliphatic rings. The zero-order chi connectivity index (χ0) is 13.8. The molecule has 2 rings (SSSR count). The Kier molecular flexibility index (Phi) is 4.80. The van der Waals surface area contributed by atoms with E-state index in [9.17, 15) is 4.39 Å². The van der Waals surface area contributed by atoms with Gasteiger partial charge in [0.2, 0.25) is 0 Å². The van der Waals surface area contributed by atoms with Crippen molar-refractivity contribution in [3.63, 3.8) is 0 Å². The first-order valence-electron chi connectivity index (χ1n) is 5.89. The van der Waals surface area contributed by atoms with Gasteiger partial charge in [-0.3, -0.25) is 0 Å². The molecule has 1 atom stereocenters. The van der Waals surface area contributed by atoms with Crippen LogP contribution in [0.2, 0.25) is 4.34 Å². The zero-order valence-electron chi connectivity index (χ0n) is 10.7. The number of nitrogens with one attached hydrogen (secondary N) is 1. The van der Waals surface area contributed by atoms with E-state index in [2.05, 4.69) is 5.32 Å². The van der Waals surface area contributed by atoms with Crippen molar-refractivity contribution >= 4 is 22.9 Å². The molecule has 2 nitrogen and oxygen atoms in total. The molecular formula is C14H15ClFNOS. The molecule has 0 aliphatic carbocycles. The van der Waals surface area contributed by atoms with Crippen LogP contribution in [0.4, 0.5) is 4.39 Å². The minimum atomic E-state index is -0.263. The highest BCUT2D eigenvalue weighted by atomic mass is 35.5. The van der Waals surface area contributed by atoms with Gasteiger partial charge in [0.15, 0.2) is 0 Å². The van der Waals surface area contributed by atoms with Gasteiger partial charge in [-0.25, -0.2) is 4.39 Å². The summed E-state index contributed by atoms with van der Waals surface area (Å²) in [5.74, 6) is 0.295. The van der Waals surface area contributed by atoms with E-state index in [0.717, 1.165) is 9.21 Å². The second kappa shape index (κ2) is 6.37. The summed E-state index contributed by atoms with van der Waals surface area (Å²) in [6.45, 7) is 0. The molecular weight excluding hydrogens is 285 g/mol. The molecule has 2 aromatic rings. The van der Waals surface area contributed by atoms with E-state index in [1.54, 1.807) is 19.2 Å². The van der Waals surface area contributed by atoms with Crippen LogP contribution < -0.4 is 10.1 Å². The fourth-order valence-corrected chi connectivity index (χ4v) is 3.18. The zero-order valence-corrected chi connectivity index (χ0v) is 12.3. The monoisotopic (exact) mass is 299 g/mol. The molecule has 1 heterocycles. The molecule has 5 heteroatoms. The molecule has 1 unspecified atom stereocenters. The van der Waals surface area contributed by atoms with Crippen LogP contribution in [0.15, 0.2) is 30.3 Å². The molecule has 0 saturated heterocycles. The van der Waals surface area contributed by atoms with Crippen molar-refractivity contribution in [2.24, 2.45) is 0 Å². The largest absolute Gasteiger partial charge is 0.496 e. The molecule has 102 valence electrons. The van der Waals surface area contributed by atoms with Crippen LogP contribution in [0.1, 0.15) is 16.5 Å². The molecule has 0 radical (unpaired) electrons. The number of hydrogen-bond donors (Lipinski definition) is 1. The third-order valence-electron chi connectivity index (χ3n) is 2.96. The topological polar surface area (TPSA) is 21.3 Å². The summed E-state index contributed by atoms with van der Waals surface area (Å²) < 4.78 is 20.0. The molecule has 19 heavy (non-hydrogen) atoms. The smallest absolute Gasteiger partial charge is 0.131 e. The van der Waals surface area contributed by atoms with Crippen LogP contribution >= 0.6 is 22.9 Å². The average molecular weight is 300 g/mol. The number of likely N-dealkylation sites (N-methyl/N-ethyl adjacent to an activating group) is 1. The van der Waals surface area contributed by atoms with Crippen LogP contribution in [-0.2, 0) is 6.42 Å². The number of methoxy groups -OCH3 is 1. The number of benzene rings is 1. The van der Waals surface area contributed by atoms with Crippen LogP contribution in [0.25, 0.3) is 0 Å². The minimum Gasteiger partial charge on any atom is -0.496 e. The van der Waals surface area contributed by atoms with Gasteiger partial charge in [0.25, 0.3) is 0 Å². The van der Waals surface area contributed by atoms with Gasteiger partial charge in [-0.05, 0) is 31.3 Å². The van der Waals surface area contributed by atoms with E-state index < -0.39 is 0 Å². The maximum atomic E-state index is 14.0. The van der Waals surface area contributed by atoms with Crippen molar-refractivity contribution in [2.75, 3.05) is 14.2 Å². The van der Waals surface area contributed by atoms with Crippen molar-refractivity contribution in [2.45, 2.75) is 12.5 Å². The first-order chi connectivity index (χ1) is 9.15. The Labute approximate surface area is 121 Å². The first kappa shape index (κ1) is 14.3. The Morgan fingerprint density at radius 1 is 1.37 bits per heavy atom. The quantitative estimate of drug-likeness (QED) is 0.899. The van der Waals surface area contributed by atoms with Crippen molar-refractivity contribution in [1.29, 1.82) is 0 Å². The number of thiophene rings is 1. The minimum absolute atomic E-state index is 0.147. The number of hydrogen-bond acceptors (Lipinski definition) is 3. The Bertz CT molecular complexity index is 558. The Hall–Kier alpha value is -1.10. The van der Waals surface area contributed by atoms with Gasteiger partial charge in [-0.1, -0.05) is 17.7 Å². The van der Waals surface area contributed by atoms with Crippen LogP contribution in [0.3, 0.4) is 0 Å².